The molecule has 4 rings (SSSR count). The van der Waals surface area contributed by atoms with Crippen LogP contribution in [0, 0.1) is 0 Å². The fourth-order valence-electron chi connectivity index (χ4n) is 4.47. The summed E-state index contributed by atoms with van der Waals surface area (Å²) in [5.74, 6) is 0. The van der Waals surface area contributed by atoms with E-state index in [1.807, 2.05) is 47.4 Å². The van der Waals surface area contributed by atoms with Crippen molar-refractivity contribution in [2.75, 3.05) is 18.4 Å². The number of para-hydroxylation sites is 1. The number of urea groups is 1. The van der Waals surface area contributed by atoms with Crippen LogP contribution < -0.4 is 11.1 Å². The Morgan fingerprint density at radius 1 is 1.06 bits per heavy atom. The lowest BCUT2D eigenvalue weighted by Gasteiger charge is -2.31. The largest absolute Gasteiger partial charge is 0.405 e. The Morgan fingerprint density at radius 2 is 1.81 bits per heavy atom. The smallest absolute Gasteiger partial charge is 0.321 e. The zero-order chi connectivity index (χ0) is 22.5. The molecule has 164 valence electrons. The number of anilines is 1. The van der Waals surface area contributed by atoms with Gasteiger partial charge in [0.2, 0.25) is 0 Å². The average molecular weight is 446 g/mol. The third-order valence-corrected chi connectivity index (χ3v) is 6.37. The van der Waals surface area contributed by atoms with E-state index < -0.39 is 0 Å². The lowest BCUT2D eigenvalue weighted by molar-refractivity contribution is 0.207. The first kappa shape index (κ1) is 22.0. The minimum absolute atomic E-state index is 0.0548. The molecule has 1 saturated heterocycles. The molecule has 0 atom stereocenters. The second-order valence-corrected chi connectivity index (χ2v) is 8.56. The number of nitrogens with zero attached hydrogens (tertiary/aromatic N) is 1. The molecular formula is C27H28ClN3O. The molecule has 1 heterocycles. The Bertz CT molecular complexity index is 1100. The first-order chi connectivity index (χ1) is 15.6. The molecule has 0 spiro atoms. The average Bonchev–Trinajstić information content (AvgIpc) is 2.94. The van der Waals surface area contributed by atoms with E-state index in [4.69, 9.17) is 17.3 Å². The molecule has 2 aromatic carbocycles. The molecule has 0 radical (unpaired) electrons. The first-order valence-corrected chi connectivity index (χ1v) is 11.3. The van der Waals surface area contributed by atoms with Gasteiger partial charge in [-0.1, -0.05) is 54.1 Å². The number of piperidine rings is 1. The van der Waals surface area contributed by atoms with E-state index >= 15 is 0 Å². The first-order valence-electron chi connectivity index (χ1n) is 11.0. The van der Waals surface area contributed by atoms with Crippen molar-refractivity contribution in [3.63, 3.8) is 0 Å². The monoisotopic (exact) mass is 445 g/mol. The number of carbonyl (C=O) groups excluding carboxylic acids is 1. The number of hydrogen-bond donors (Lipinski definition) is 2. The summed E-state index contributed by atoms with van der Waals surface area (Å²) in [6.45, 7) is 5.82. The number of likely N-dealkylation sites (tertiary alicyclic amines) is 1. The van der Waals surface area contributed by atoms with Crippen LogP contribution in [0.4, 0.5) is 10.5 Å². The van der Waals surface area contributed by atoms with E-state index in [2.05, 4.69) is 30.1 Å². The molecule has 32 heavy (non-hydrogen) atoms. The maximum Gasteiger partial charge on any atom is 0.321 e. The van der Waals surface area contributed by atoms with Crippen molar-refractivity contribution in [3.8, 4) is 0 Å². The van der Waals surface area contributed by atoms with Gasteiger partial charge in [0.05, 0.1) is 0 Å². The maximum atomic E-state index is 12.7. The highest BCUT2D eigenvalue weighted by atomic mass is 35.5. The number of amides is 2. The Kier molecular flexibility index (Phi) is 6.81. The van der Waals surface area contributed by atoms with Gasteiger partial charge in [-0.3, -0.25) is 0 Å². The molecule has 0 saturated carbocycles. The fraction of sp³-hybridized carbons (Fsp3) is 0.222. The van der Waals surface area contributed by atoms with E-state index in [9.17, 15) is 4.79 Å². The summed E-state index contributed by atoms with van der Waals surface area (Å²) in [5, 5.41) is 3.74. The van der Waals surface area contributed by atoms with Crippen molar-refractivity contribution in [2.45, 2.75) is 25.7 Å². The van der Waals surface area contributed by atoms with E-state index in [-0.39, 0.29) is 6.03 Å². The Labute approximate surface area is 194 Å². The number of nitrogens with one attached hydrogen (secondary N) is 1. The summed E-state index contributed by atoms with van der Waals surface area (Å²) < 4.78 is 0. The van der Waals surface area contributed by atoms with Gasteiger partial charge in [0.1, 0.15) is 0 Å². The second-order valence-electron chi connectivity index (χ2n) is 8.12. The summed E-state index contributed by atoms with van der Waals surface area (Å²) in [7, 11) is 0. The van der Waals surface area contributed by atoms with Crippen LogP contribution >= 0.6 is 11.6 Å². The van der Waals surface area contributed by atoms with E-state index in [1.165, 1.54) is 27.8 Å². The van der Waals surface area contributed by atoms with Gasteiger partial charge in [-0.05, 0) is 90.1 Å². The number of halogens is 1. The molecule has 2 amide bonds. The lowest BCUT2D eigenvalue weighted by atomic mass is 9.86. The van der Waals surface area contributed by atoms with Crippen molar-refractivity contribution in [3.05, 3.63) is 106 Å². The van der Waals surface area contributed by atoms with Crippen LogP contribution in [-0.4, -0.2) is 24.0 Å². The summed E-state index contributed by atoms with van der Waals surface area (Å²) >= 11 is 6.31. The Hall–Kier alpha value is -3.24. The minimum atomic E-state index is -0.0548. The van der Waals surface area contributed by atoms with Gasteiger partial charge < -0.3 is 16.0 Å². The topological polar surface area (TPSA) is 58.4 Å². The number of carbonyl (C=O) groups is 1. The van der Waals surface area contributed by atoms with Crippen molar-refractivity contribution in [2.24, 2.45) is 5.73 Å². The lowest BCUT2D eigenvalue weighted by Crippen LogP contribution is -2.39. The van der Waals surface area contributed by atoms with Crippen LogP contribution in [0.25, 0.3) is 5.57 Å². The summed E-state index contributed by atoms with van der Waals surface area (Å²) in [6, 6.07) is 15.6. The molecule has 0 aromatic heterocycles. The maximum absolute atomic E-state index is 12.7. The Morgan fingerprint density at radius 3 is 2.53 bits per heavy atom. The summed E-state index contributed by atoms with van der Waals surface area (Å²) in [6.07, 6.45) is 8.89. The molecule has 5 heteroatoms. The highest BCUT2D eigenvalue weighted by molar-refractivity contribution is 6.30. The predicted molar refractivity (Wildman–Crippen MR) is 134 cm³/mol. The van der Waals surface area contributed by atoms with Crippen molar-refractivity contribution in [1.29, 1.82) is 0 Å². The quantitative estimate of drug-likeness (QED) is 0.531. The third kappa shape index (κ3) is 4.81. The normalized spacial score (nSPS) is 18.1. The highest BCUT2D eigenvalue weighted by Gasteiger charge is 2.26. The van der Waals surface area contributed by atoms with Crippen LogP contribution in [0.1, 0.15) is 30.4 Å². The highest BCUT2D eigenvalue weighted by Crippen LogP contribution is 2.41. The molecule has 2 aliphatic rings. The molecule has 3 N–H and O–H groups in total. The molecule has 2 aromatic rings. The molecule has 1 fully saturated rings. The van der Waals surface area contributed by atoms with Gasteiger partial charge in [0.15, 0.2) is 0 Å². The number of aryl methyl sites for hydroxylation is 1. The molecule has 1 aliphatic carbocycles. The number of allylic oxidation sites excluding steroid dienone is 5. The summed E-state index contributed by atoms with van der Waals surface area (Å²) in [4.78, 5) is 14.6. The standard InChI is InChI=1S/C27H28ClN3O/c1-19-20(6-5-15-29)9-10-22-18-23(28)11-12-25(22)26(19)21-13-16-31(17-14-21)27(32)30-24-7-3-2-4-8-24/h2-8,11-12,15,18H,1,9-10,13-14,16-17,29H2,(H,30,32)/b15-5-,20-6-. The van der Waals surface area contributed by atoms with Gasteiger partial charge in [0.25, 0.3) is 0 Å². The summed E-state index contributed by atoms with van der Waals surface area (Å²) in [5.41, 5.74) is 13.6. The molecule has 0 bridgehead atoms. The molecule has 1 aliphatic heterocycles. The van der Waals surface area contributed by atoms with Crippen LogP contribution in [0.3, 0.4) is 0 Å². The van der Waals surface area contributed by atoms with E-state index in [1.54, 1.807) is 6.20 Å². The van der Waals surface area contributed by atoms with Gasteiger partial charge in [-0.15, -0.1) is 0 Å². The van der Waals surface area contributed by atoms with Crippen molar-refractivity contribution >= 4 is 28.9 Å². The SMILES string of the molecule is C=C1C(=C2CCN(C(=O)Nc3ccccc3)CC2)c2ccc(Cl)cc2CC/C1=C/C=C\N. The van der Waals surface area contributed by atoms with Crippen LogP contribution in [0.2, 0.25) is 5.02 Å². The van der Waals surface area contributed by atoms with Crippen LogP contribution in [-0.2, 0) is 6.42 Å². The van der Waals surface area contributed by atoms with Crippen molar-refractivity contribution < 1.29 is 4.79 Å². The molecule has 4 nitrogen and oxygen atoms in total. The third-order valence-electron chi connectivity index (χ3n) is 6.13. The number of benzene rings is 2. The van der Waals surface area contributed by atoms with Crippen molar-refractivity contribution in [1.82, 2.24) is 4.90 Å². The van der Waals surface area contributed by atoms with Crippen LogP contribution in [0.5, 0.6) is 0 Å². The van der Waals surface area contributed by atoms with Crippen LogP contribution in [0.15, 0.2) is 90.2 Å². The number of hydrogen-bond acceptors (Lipinski definition) is 2. The van der Waals surface area contributed by atoms with Gasteiger partial charge >= 0.3 is 6.03 Å². The predicted octanol–water partition coefficient (Wildman–Crippen LogP) is 6.32. The van der Waals surface area contributed by atoms with E-state index in [0.717, 1.165) is 42.0 Å². The van der Waals surface area contributed by atoms with Gasteiger partial charge in [0, 0.05) is 23.8 Å². The zero-order valence-electron chi connectivity index (χ0n) is 18.1. The Balaban J connectivity index is 1.60. The molecular weight excluding hydrogens is 418 g/mol. The van der Waals surface area contributed by atoms with Gasteiger partial charge in [-0.2, -0.15) is 0 Å². The molecule has 0 unspecified atom stereocenters. The fourth-order valence-corrected chi connectivity index (χ4v) is 4.66. The number of rotatable bonds is 2. The number of fused-ring (bicyclic) bond motifs is 1. The van der Waals surface area contributed by atoms with E-state index in [0.29, 0.717) is 13.1 Å². The van der Waals surface area contributed by atoms with Gasteiger partial charge in [-0.25, -0.2) is 4.79 Å². The zero-order valence-corrected chi connectivity index (χ0v) is 18.9. The number of nitrogens with two attached hydrogens (primary N) is 1. The minimum Gasteiger partial charge on any atom is -0.405 e. The second kappa shape index (κ2) is 9.92.